The average Bonchev–Trinajstić information content (AvgIpc) is 3.50. The van der Waals surface area contributed by atoms with Crippen molar-refractivity contribution in [1.82, 2.24) is 19.5 Å². The minimum atomic E-state index is 0.821. The lowest BCUT2D eigenvalue weighted by molar-refractivity contribution is 1.14. The van der Waals surface area contributed by atoms with Gasteiger partial charge in [-0.3, -0.25) is 9.97 Å². The molecule has 2 aromatic carbocycles. The highest BCUT2D eigenvalue weighted by molar-refractivity contribution is 7.17. The lowest BCUT2D eigenvalue weighted by Crippen LogP contribution is -1.99. The van der Waals surface area contributed by atoms with Crippen molar-refractivity contribution in [3.63, 3.8) is 0 Å². The summed E-state index contributed by atoms with van der Waals surface area (Å²) in [4.78, 5) is 14.1. The normalized spacial score (nSPS) is 11.5. The van der Waals surface area contributed by atoms with Gasteiger partial charge in [-0.15, -0.1) is 11.3 Å². The van der Waals surface area contributed by atoms with Gasteiger partial charge in [0.2, 0.25) is 0 Å². The summed E-state index contributed by atoms with van der Waals surface area (Å²) in [5, 5.41) is 5.90. The zero-order valence-corrected chi connectivity index (χ0v) is 18.9. The van der Waals surface area contributed by atoms with Crippen molar-refractivity contribution in [2.45, 2.75) is 0 Å². The van der Waals surface area contributed by atoms with Gasteiger partial charge >= 0.3 is 0 Å². The van der Waals surface area contributed by atoms with E-state index in [-0.39, 0.29) is 0 Å². The molecule has 7 aromatic rings. The van der Waals surface area contributed by atoms with Crippen molar-refractivity contribution in [2.75, 3.05) is 0 Å². The zero-order valence-electron chi connectivity index (χ0n) is 18.1. The van der Waals surface area contributed by atoms with Crippen molar-refractivity contribution >= 4 is 43.2 Å². The molecule has 0 fully saturated rings. The second-order valence-electron chi connectivity index (χ2n) is 8.21. The third kappa shape index (κ3) is 3.02. The van der Waals surface area contributed by atoms with Crippen molar-refractivity contribution in [1.29, 1.82) is 0 Å². The van der Waals surface area contributed by atoms with Crippen LogP contribution in [0.1, 0.15) is 0 Å². The third-order valence-electron chi connectivity index (χ3n) is 6.17. The van der Waals surface area contributed by atoms with E-state index in [9.17, 15) is 0 Å². The van der Waals surface area contributed by atoms with Gasteiger partial charge in [-0.05, 0) is 71.4 Å². The molecule has 0 saturated carbocycles. The van der Waals surface area contributed by atoms with Crippen LogP contribution in [-0.4, -0.2) is 19.5 Å². The summed E-state index contributed by atoms with van der Waals surface area (Å²) >= 11 is 1.78. The first kappa shape index (κ1) is 19.1. The number of pyridine rings is 3. The molecule has 0 radical (unpaired) electrons. The van der Waals surface area contributed by atoms with Crippen LogP contribution in [0.2, 0.25) is 0 Å². The van der Waals surface area contributed by atoms with Crippen LogP contribution in [0.5, 0.6) is 0 Å². The molecule has 4 nitrogen and oxygen atoms in total. The van der Waals surface area contributed by atoms with E-state index in [0.29, 0.717) is 0 Å². The maximum atomic E-state index is 4.95. The first-order chi connectivity index (χ1) is 16.8. The highest BCUT2D eigenvalue weighted by atomic mass is 32.1. The van der Waals surface area contributed by atoms with Gasteiger partial charge in [0.05, 0.1) is 39.5 Å². The monoisotopic (exact) mass is 454 g/mol. The van der Waals surface area contributed by atoms with Gasteiger partial charge in [0, 0.05) is 27.9 Å². The Morgan fingerprint density at radius 1 is 0.588 bits per heavy atom. The Morgan fingerprint density at radius 3 is 2.00 bits per heavy atom. The molecule has 7 rings (SSSR count). The molecule has 0 saturated heterocycles. The molecular formula is C29H18N4S. The van der Waals surface area contributed by atoms with Gasteiger partial charge in [0.25, 0.3) is 0 Å². The van der Waals surface area contributed by atoms with Crippen LogP contribution in [-0.2, 0) is 0 Å². The predicted octanol–water partition coefficient (Wildman–Crippen LogP) is 7.52. The second-order valence-corrected chi connectivity index (χ2v) is 9.15. The summed E-state index contributed by atoms with van der Waals surface area (Å²) in [6, 6.07) is 31.5. The Kier molecular flexibility index (Phi) is 4.29. The number of rotatable bonds is 3. The first-order valence-electron chi connectivity index (χ1n) is 11.1. The molecule has 160 valence electrons. The maximum Gasteiger partial charge on any atom is 0.0915 e. The number of fused-ring (bicyclic) bond motifs is 4. The second kappa shape index (κ2) is 7.61. The Labute approximate surface area is 199 Å². The van der Waals surface area contributed by atoms with Crippen molar-refractivity contribution in [3.05, 3.63) is 109 Å². The first-order valence-corrected chi connectivity index (χ1v) is 12.0. The average molecular weight is 455 g/mol. The molecule has 0 amide bonds. The molecule has 5 heterocycles. The van der Waals surface area contributed by atoms with Gasteiger partial charge in [-0.25, -0.2) is 4.98 Å². The Bertz CT molecular complexity index is 1740. The minimum absolute atomic E-state index is 0.821. The van der Waals surface area contributed by atoms with Gasteiger partial charge in [-0.2, -0.15) is 0 Å². The van der Waals surface area contributed by atoms with E-state index in [2.05, 4.69) is 74.5 Å². The molecular weight excluding hydrogens is 436 g/mol. The van der Waals surface area contributed by atoms with E-state index in [0.717, 1.165) is 28.5 Å². The van der Waals surface area contributed by atoms with Crippen LogP contribution in [0.25, 0.3) is 60.4 Å². The Hall–Kier alpha value is -4.35. The zero-order chi connectivity index (χ0) is 22.5. The largest absolute Gasteiger partial charge is 0.309 e. The summed E-state index contributed by atoms with van der Waals surface area (Å²) in [5.41, 5.74) is 6.70. The van der Waals surface area contributed by atoms with Crippen molar-refractivity contribution < 1.29 is 0 Å². The predicted molar refractivity (Wildman–Crippen MR) is 140 cm³/mol. The molecule has 0 unspecified atom stereocenters. The molecule has 5 heteroatoms. The summed E-state index contributed by atoms with van der Waals surface area (Å²) in [6.45, 7) is 0. The highest BCUT2D eigenvalue weighted by Gasteiger charge is 2.16. The van der Waals surface area contributed by atoms with E-state index in [1.54, 1.807) is 23.7 Å². The van der Waals surface area contributed by atoms with Gasteiger partial charge in [0.15, 0.2) is 0 Å². The quantitative estimate of drug-likeness (QED) is 0.277. The summed E-state index contributed by atoms with van der Waals surface area (Å²) in [7, 11) is 0. The number of para-hydroxylation sites is 1. The molecule has 0 N–H and O–H groups in total. The van der Waals surface area contributed by atoms with Gasteiger partial charge < -0.3 is 4.57 Å². The SMILES string of the molecule is c1ccc(-c2cc(-n3c4ccccc4c4cc5sccc5cc43)cc(-c3ccccn3)n2)nc1. The van der Waals surface area contributed by atoms with Crippen LogP contribution in [0.15, 0.2) is 109 Å². The number of aromatic nitrogens is 4. The Balaban J connectivity index is 1.59. The molecule has 0 aliphatic rings. The standard InChI is InChI=1S/C29H18N4S/c1-2-10-27-21(7-1)22-18-29-19(11-14-34-29)15-28(22)33(27)20-16-25(23-8-3-5-12-30-23)32-26(17-20)24-9-4-6-13-31-24/h1-18H. The van der Waals surface area contributed by atoms with Crippen LogP contribution in [0.3, 0.4) is 0 Å². The number of nitrogens with zero attached hydrogens (tertiary/aromatic N) is 4. The lowest BCUT2D eigenvalue weighted by atomic mass is 10.1. The molecule has 0 spiro atoms. The van der Waals surface area contributed by atoms with Crippen LogP contribution in [0, 0.1) is 0 Å². The summed E-state index contributed by atoms with van der Waals surface area (Å²) < 4.78 is 3.64. The Morgan fingerprint density at radius 2 is 1.29 bits per heavy atom. The van der Waals surface area contributed by atoms with E-state index in [4.69, 9.17) is 4.98 Å². The summed E-state index contributed by atoms with van der Waals surface area (Å²) in [6.07, 6.45) is 3.61. The molecule has 5 aromatic heterocycles. The van der Waals surface area contributed by atoms with Gasteiger partial charge in [-0.1, -0.05) is 30.3 Å². The number of benzene rings is 2. The smallest absolute Gasteiger partial charge is 0.0915 e. The summed E-state index contributed by atoms with van der Waals surface area (Å²) in [5.74, 6) is 0. The van der Waals surface area contributed by atoms with Crippen LogP contribution in [0.4, 0.5) is 0 Å². The molecule has 34 heavy (non-hydrogen) atoms. The molecule has 0 atom stereocenters. The van der Waals surface area contributed by atoms with Crippen LogP contribution >= 0.6 is 11.3 Å². The fourth-order valence-electron chi connectivity index (χ4n) is 4.64. The van der Waals surface area contributed by atoms with Gasteiger partial charge in [0.1, 0.15) is 0 Å². The highest BCUT2D eigenvalue weighted by Crippen LogP contribution is 2.37. The number of thiophene rings is 1. The minimum Gasteiger partial charge on any atom is -0.309 e. The van der Waals surface area contributed by atoms with E-state index in [1.807, 2.05) is 36.4 Å². The fraction of sp³-hybridized carbons (Fsp3) is 0. The molecule has 0 aliphatic carbocycles. The van der Waals surface area contributed by atoms with Crippen molar-refractivity contribution in [2.24, 2.45) is 0 Å². The van der Waals surface area contributed by atoms with E-state index >= 15 is 0 Å². The van der Waals surface area contributed by atoms with E-state index < -0.39 is 0 Å². The van der Waals surface area contributed by atoms with Crippen molar-refractivity contribution in [3.8, 4) is 28.5 Å². The third-order valence-corrected chi connectivity index (χ3v) is 7.05. The maximum absolute atomic E-state index is 4.95. The number of hydrogen-bond acceptors (Lipinski definition) is 4. The molecule has 0 bridgehead atoms. The number of hydrogen-bond donors (Lipinski definition) is 0. The van der Waals surface area contributed by atoms with E-state index in [1.165, 1.54) is 31.9 Å². The topological polar surface area (TPSA) is 43.6 Å². The molecule has 0 aliphatic heterocycles. The van der Waals surface area contributed by atoms with Crippen LogP contribution < -0.4 is 0 Å². The lowest BCUT2D eigenvalue weighted by Gasteiger charge is -2.12. The fourth-order valence-corrected chi connectivity index (χ4v) is 5.45.